The molecule has 0 atom stereocenters. The summed E-state index contributed by atoms with van der Waals surface area (Å²) in [5, 5.41) is 2.95. The third kappa shape index (κ3) is 6.38. The molecule has 1 fully saturated rings. The van der Waals surface area contributed by atoms with Crippen LogP contribution in [0.4, 0.5) is 5.69 Å². The Kier molecular flexibility index (Phi) is 7.25. The van der Waals surface area contributed by atoms with Crippen LogP contribution in [0.5, 0.6) is 5.75 Å². The van der Waals surface area contributed by atoms with Gasteiger partial charge in [-0.15, -0.1) is 0 Å². The van der Waals surface area contributed by atoms with Crippen molar-refractivity contribution in [3.8, 4) is 5.75 Å². The van der Waals surface area contributed by atoms with Crippen LogP contribution in [0.3, 0.4) is 0 Å². The molecule has 1 N–H and O–H groups in total. The van der Waals surface area contributed by atoms with E-state index in [4.69, 9.17) is 4.74 Å². The van der Waals surface area contributed by atoms with Crippen molar-refractivity contribution in [1.29, 1.82) is 0 Å². The number of hydrogen-bond donors (Lipinski definition) is 1. The predicted molar refractivity (Wildman–Crippen MR) is 109 cm³/mol. The lowest BCUT2D eigenvalue weighted by atomic mass is 10.2. The van der Waals surface area contributed by atoms with Crippen molar-refractivity contribution in [2.24, 2.45) is 0 Å². The van der Waals surface area contributed by atoms with Gasteiger partial charge in [0.2, 0.25) is 5.91 Å². The van der Waals surface area contributed by atoms with Gasteiger partial charge in [0, 0.05) is 51.4 Å². The van der Waals surface area contributed by atoms with Crippen LogP contribution in [-0.2, 0) is 11.3 Å². The molecular weight excluding hydrogens is 338 g/mol. The van der Waals surface area contributed by atoms with Gasteiger partial charge >= 0.3 is 0 Å². The molecule has 144 valence electrons. The minimum absolute atomic E-state index is 0.0815. The standard InChI is InChI=1S/C22H29N3O2/c1-2-27-21-10-8-19(9-11-21)18-25-16-14-24(15-17-25)13-12-22(26)23-20-6-4-3-5-7-20/h3-11H,2,12-18H2,1H3,(H,23,26). The Morgan fingerprint density at radius 3 is 2.30 bits per heavy atom. The molecule has 1 amide bonds. The number of rotatable bonds is 8. The number of anilines is 1. The summed E-state index contributed by atoms with van der Waals surface area (Å²) < 4.78 is 5.50. The number of benzene rings is 2. The molecule has 0 aromatic heterocycles. The van der Waals surface area contributed by atoms with E-state index in [0.29, 0.717) is 13.0 Å². The zero-order chi connectivity index (χ0) is 18.9. The summed E-state index contributed by atoms with van der Waals surface area (Å²) in [7, 11) is 0. The van der Waals surface area contributed by atoms with Gasteiger partial charge in [-0.2, -0.15) is 0 Å². The molecule has 27 heavy (non-hydrogen) atoms. The van der Waals surface area contributed by atoms with E-state index in [0.717, 1.165) is 50.7 Å². The molecule has 2 aromatic rings. The highest BCUT2D eigenvalue weighted by Gasteiger charge is 2.17. The van der Waals surface area contributed by atoms with Crippen LogP contribution < -0.4 is 10.1 Å². The van der Waals surface area contributed by atoms with E-state index in [9.17, 15) is 4.79 Å². The van der Waals surface area contributed by atoms with Crippen LogP contribution >= 0.6 is 0 Å². The molecule has 2 aromatic carbocycles. The first-order valence-electron chi connectivity index (χ1n) is 9.74. The van der Waals surface area contributed by atoms with Gasteiger partial charge in [0.1, 0.15) is 5.75 Å². The van der Waals surface area contributed by atoms with Crippen molar-refractivity contribution in [2.75, 3.05) is 44.6 Å². The minimum atomic E-state index is 0.0815. The first-order valence-corrected chi connectivity index (χ1v) is 9.74. The SMILES string of the molecule is CCOc1ccc(CN2CCN(CCC(=O)Nc3ccccc3)CC2)cc1. The van der Waals surface area contributed by atoms with Crippen molar-refractivity contribution < 1.29 is 9.53 Å². The largest absolute Gasteiger partial charge is 0.494 e. The van der Waals surface area contributed by atoms with Gasteiger partial charge in [0.15, 0.2) is 0 Å². The summed E-state index contributed by atoms with van der Waals surface area (Å²) in [4.78, 5) is 16.9. The summed E-state index contributed by atoms with van der Waals surface area (Å²) in [6.07, 6.45) is 0.536. The first kappa shape index (κ1) is 19.4. The summed E-state index contributed by atoms with van der Waals surface area (Å²) in [5.74, 6) is 1.01. The van der Waals surface area contributed by atoms with Crippen LogP contribution in [0.2, 0.25) is 0 Å². The van der Waals surface area contributed by atoms with Gasteiger partial charge in [-0.05, 0) is 36.8 Å². The molecule has 1 saturated heterocycles. The maximum absolute atomic E-state index is 12.1. The van der Waals surface area contributed by atoms with Gasteiger partial charge in [0.25, 0.3) is 0 Å². The Morgan fingerprint density at radius 1 is 0.963 bits per heavy atom. The molecule has 0 spiro atoms. The van der Waals surface area contributed by atoms with Gasteiger partial charge in [-0.25, -0.2) is 0 Å². The Balaban J connectivity index is 1.35. The van der Waals surface area contributed by atoms with E-state index < -0.39 is 0 Å². The van der Waals surface area contributed by atoms with Gasteiger partial charge in [0.05, 0.1) is 6.61 Å². The molecular formula is C22H29N3O2. The van der Waals surface area contributed by atoms with E-state index >= 15 is 0 Å². The molecule has 5 nitrogen and oxygen atoms in total. The molecule has 0 aliphatic carbocycles. The van der Waals surface area contributed by atoms with E-state index in [1.165, 1.54) is 5.56 Å². The molecule has 3 rings (SSSR count). The molecule has 0 radical (unpaired) electrons. The maximum Gasteiger partial charge on any atom is 0.225 e. The second-order valence-corrected chi connectivity index (χ2v) is 6.86. The molecule has 0 bridgehead atoms. The Morgan fingerprint density at radius 2 is 1.63 bits per heavy atom. The molecule has 1 heterocycles. The highest BCUT2D eigenvalue weighted by atomic mass is 16.5. The van der Waals surface area contributed by atoms with E-state index in [-0.39, 0.29) is 5.91 Å². The second-order valence-electron chi connectivity index (χ2n) is 6.86. The lowest BCUT2D eigenvalue weighted by molar-refractivity contribution is -0.116. The number of amides is 1. The number of carbonyl (C=O) groups excluding carboxylic acids is 1. The van der Waals surface area contributed by atoms with E-state index in [1.807, 2.05) is 49.4 Å². The Hall–Kier alpha value is -2.37. The maximum atomic E-state index is 12.1. The topological polar surface area (TPSA) is 44.8 Å². The highest BCUT2D eigenvalue weighted by molar-refractivity contribution is 5.90. The summed E-state index contributed by atoms with van der Waals surface area (Å²) in [6, 6.07) is 18.0. The van der Waals surface area contributed by atoms with Gasteiger partial charge < -0.3 is 15.0 Å². The fourth-order valence-corrected chi connectivity index (χ4v) is 3.29. The monoisotopic (exact) mass is 367 g/mol. The lowest BCUT2D eigenvalue weighted by Gasteiger charge is -2.34. The molecule has 0 saturated carbocycles. The normalized spacial score (nSPS) is 15.4. The number of para-hydroxylation sites is 1. The number of hydrogen-bond acceptors (Lipinski definition) is 4. The predicted octanol–water partition coefficient (Wildman–Crippen LogP) is 3.23. The molecule has 1 aliphatic heterocycles. The fourth-order valence-electron chi connectivity index (χ4n) is 3.29. The van der Waals surface area contributed by atoms with Crippen LogP contribution in [0.15, 0.2) is 54.6 Å². The lowest BCUT2D eigenvalue weighted by Crippen LogP contribution is -2.46. The van der Waals surface area contributed by atoms with E-state index in [2.05, 4.69) is 27.2 Å². The minimum Gasteiger partial charge on any atom is -0.494 e. The zero-order valence-electron chi connectivity index (χ0n) is 16.1. The number of nitrogens with zero attached hydrogens (tertiary/aromatic N) is 2. The van der Waals surface area contributed by atoms with Crippen LogP contribution in [0, 0.1) is 0 Å². The second kappa shape index (κ2) is 10.1. The smallest absolute Gasteiger partial charge is 0.225 e. The van der Waals surface area contributed by atoms with Crippen molar-refractivity contribution in [3.05, 3.63) is 60.2 Å². The summed E-state index contributed by atoms with van der Waals surface area (Å²) in [5.41, 5.74) is 2.18. The van der Waals surface area contributed by atoms with Crippen LogP contribution in [0.25, 0.3) is 0 Å². The van der Waals surface area contributed by atoms with Gasteiger partial charge in [-0.1, -0.05) is 30.3 Å². The number of piperazine rings is 1. The first-order chi connectivity index (χ1) is 13.2. The summed E-state index contributed by atoms with van der Waals surface area (Å²) >= 11 is 0. The van der Waals surface area contributed by atoms with Crippen LogP contribution in [-0.4, -0.2) is 55.0 Å². The quantitative estimate of drug-likeness (QED) is 0.778. The number of ether oxygens (including phenoxy) is 1. The van der Waals surface area contributed by atoms with Crippen LogP contribution in [0.1, 0.15) is 18.9 Å². The number of carbonyl (C=O) groups is 1. The van der Waals surface area contributed by atoms with Crippen molar-refractivity contribution in [2.45, 2.75) is 19.9 Å². The third-order valence-corrected chi connectivity index (χ3v) is 4.82. The van der Waals surface area contributed by atoms with E-state index in [1.54, 1.807) is 0 Å². The average Bonchev–Trinajstić information content (AvgIpc) is 2.70. The Bertz CT molecular complexity index is 695. The summed E-state index contributed by atoms with van der Waals surface area (Å²) in [6.45, 7) is 8.57. The van der Waals surface area contributed by atoms with Crippen molar-refractivity contribution in [3.63, 3.8) is 0 Å². The molecule has 1 aliphatic rings. The molecule has 5 heteroatoms. The molecule has 0 unspecified atom stereocenters. The highest BCUT2D eigenvalue weighted by Crippen LogP contribution is 2.15. The zero-order valence-corrected chi connectivity index (χ0v) is 16.1. The van der Waals surface area contributed by atoms with Crippen molar-refractivity contribution in [1.82, 2.24) is 9.80 Å². The third-order valence-electron chi connectivity index (χ3n) is 4.82. The fraction of sp³-hybridized carbons (Fsp3) is 0.409. The average molecular weight is 367 g/mol. The Labute approximate surface area is 161 Å². The number of nitrogens with one attached hydrogen (secondary N) is 1. The van der Waals surface area contributed by atoms with Gasteiger partial charge in [-0.3, -0.25) is 9.69 Å². The van der Waals surface area contributed by atoms with Crippen molar-refractivity contribution >= 4 is 11.6 Å².